The van der Waals surface area contributed by atoms with Crippen LogP contribution in [-0.4, -0.2) is 21.1 Å². The van der Waals surface area contributed by atoms with Crippen molar-refractivity contribution in [1.29, 1.82) is 0 Å². The summed E-state index contributed by atoms with van der Waals surface area (Å²) in [4.78, 5) is 13.8. The summed E-state index contributed by atoms with van der Waals surface area (Å²) < 4.78 is 0. The van der Waals surface area contributed by atoms with Crippen molar-refractivity contribution in [3.05, 3.63) is 33.6 Å². The van der Waals surface area contributed by atoms with Crippen molar-refractivity contribution in [2.45, 2.75) is 6.42 Å². The van der Waals surface area contributed by atoms with Gasteiger partial charge in [-0.2, -0.15) is 0 Å². The van der Waals surface area contributed by atoms with Gasteiger partial charge in [0.25, 0.3) is 0 Å². The van der Waals surface area contributed by atoms with E-state index in [9.17, 15) is 4.79 Å². The van der Waals surface area contributed by atoms with Gasteiger partial charge in [0.1, 0.15) is 5.01 Å². The quantitative estimate of drug-likeness (QED) is 0.832. The standard InChI is InChI=1S/C9H8ClN3OS/c10-5-4-8-12-13-9(15-8)6-2-1-3-7(14)11-6/h1-3H,4-5H2,(H,11,14). The number of rotatable bonds is 3. The molecule has 2 heterocycles. The fraction of sp³-hybridized carbons (Fsp3) is 0.222. The molecule has 6 heteroatoms. The molecule has 0 atom stereocenters. The summed E-state index contributed by atoms with van der Waals surface area (Å²) in [5, 5.41) is 9.55. The largest absolute Gasteiger partial charge is 0.320 e. The number of H-pyrrole nitrogens is 1. The number of hydrogen-bond acceptors (Lipinski definition) is 4. The van der Waals surface area contributed by atoms with E-state index in [0.29, 0.717) is 23.0 Å². The zero-order valence-electron chi connectivity index (χ0n) is 7.74. The lowest BCUT2D eigenvalue weighted by Crippen LogP contribution is -2.03. The van der Waals surface area contributed by atoms with E-state index in [0.717, 1.165) is 5.01 Å². The molecule has 2 aromatic heterocycles. The first kappa shape index (κ1) is 10.3. The lowest BCUT2D eigenvalue weighted by atomic mass is 10.4. The predicted octanol–water partition coefficient (Wildman–Crippen LogP) is 1.67. The molecule has 1 N–H and O–H groups in total. The Hall–Kier alpha value is -1.20. The molecular weight excluding hydrogens is 234 g/mol. The summed E-state index contributed by atoms with van der Waals surface area (Å²) in [5.74, 6) is 0.528. The number of nitrogens with zero attached hydrogens (tertiary/aromatic N) is 2. The maximum absolute atomic E-state index is 11.1. The van der Waals surface area contributed by atoms with Crippen LogP contribution in [0.4, 0.5) is 0 Å². The number of hydrogen-bond donors (Lipinski definition) is 1. The average molecular weight is 242 g/mol. The van der Waals surface area contributed by atoms with Crippen LogP contribution < -0.4 is 5.56 Å². The van der Waals surface area contributed by atoms with Gasteiger partial charge in [0.15, 0.2) is 5.01 Å². The van der Waals surface area contributed by atoms with Crippen molar-refractivity contribution in [3.8, 4) is 10.7 Å². The Labute approximate surface area is 95.0 Å². The Bertz CT molecular complexity index is 508. The molecule has 2 rings (SSSR count). The average Bonchev–Trinajstić information content (AvgIpc) is 2.67. The number of aromatic nitrogens is 3. The number of aryl methyl sites for hydroxylation is 1. The zero-order chi connectivity index (χ0) is 10.7. The van der Waals surface area contributed by atoms with E-state index in [1.165, 1.54) is 17.4 Å². The fourth-order valence-corrected chi connectivity index (χ4v) is 2.23. The smallest absolute Gasteiger partial charge is 0.248 e. The molecule has 0 amide bonds. The van der Waals surface area contributed by atoms with E-state index in [1.807, 2.05) is 0 Å². The second-order valence-corrected chi connectivity index (χ2v) is 4.31. The van der Waals surface area contributed by atoms with Gasteiger partial charge >= 0.3 is 0 Å². The summed E-state index contributed by atoms with van der Waals surface area (Å²) in [7, 11) is 0. The van der Waals surface area contributed by atoms with Gasteiger partial charge in [-0.25, -0.2) is 0 Å². The van der Waals surface area contributed by atoms with Crippen LogP contribution in [-0.2, 0) is 6.42 Å². The first-order valence-corrected chi connectivity index (χ1v) is 5.73. The number of nitrogens with one attached hydrogen (secondary N) is 1. The minimum Gasteiger partial charge on any atom is -0.320 e. The van der Waals surface area contributed by atoms with E-state index >= 15 is 0 Å². The lowest BCUT2D eigenvalue weighted by Gasteiger charge is -1.92. The summed E-state index contributed by atoms with van der Waals surface area (Å²) in [6, 6.07) is 4.95. The highest BCUT2D eigenvalue weighted by molar-refractivity contribution is 7.14. The van der Waals surface area contributed by atoms with Crippen LogP contribution in [0.1, 0.15) is 5.01 Å². The van der Waals surface area contributed by atoms with Crippen molar-refractivity contribution in [2.24, 2.45) is 0 Å². The minimum absolute atomic E-state index is 0.137. The van der Waals surface area contributed by atoms with Gasteiger partial charge < -0.3 is 4.98 Å². The van der Waals surface area contributed by atoms with Gasteiger partial charge in [0.05, 0.1) is 5.69 Å². The molecule has 15 heavy (non-hydrogen) atoms. The van der Waals surface area contributed by atoms with Crippen molar-refractivity contribution in [2.75, 3.05) is 5.88 Å². The van der Waals surface area contributed by atoms with Gasteiger partial charge in [-0.05, 0) is 6.07 Å². The van der Waals surface area contributed by atoms with Crippen LogP contribution in [0.25, 0.3) is 10.7 Å². The molecular formula is C9H8ClN3OS. The third-order valence-corrected chi connectivity index (χ3v) is 2.98. The van der Waals surface area contributed by atoms with Gasteiger partial charge in [0.2, 0.25) is 5.56 Å². The molecule has 0 radical (unpaired) electrons. The molecule has 2 aromatic rings. The number of aromatic amines is 1. The van der Waals surface area contributed by atoms with Crippen LogP contribution in [0.5, 0.6) is 0 Å². The Kier molecular flexibility index (Phi) is 3.13. The van der Waals surface area contributed by atoms with Gasteiger partial charge in [-0.15, -0.1) is 21.8 Å². The number of alkyl halides is 1. The van der Waals surface area contributed by atoms with Crippen LogP contribution in [0.15, 0.2) is 23.0 Å². The van der Waals surface area contributed by atoms with Crippen molar-refractivity contribution in [1.82, 2.24) is 15.2 Å². The number of halogens is 1. The lowest BCUT2D eigenvalue weighted by molar-refractivity contribution is 0.986. The molecule has 0 unspecified atom stereocenters. The maximum Gasteiger partial charge on any atom is 0.248 e. The van der Waals surface area contributed by atoms with Crippen LogP contribution in [0.3, 0.4) is 0 Å². The fourth-order valence-electron chi connectivity index (χ4n) is 1.12. The van der Waals surface area contributed by atoms with Crippen LogP contribution >= 0.6 is 22.9 Å². The monoisotopic (exact) mass is 241 g/mol. The third-order valence-electron chi connectivity index (χ3n) is 1.77. The highest BCUT2D eigenvalue weighted by atomic mass is 35.5. The topological polar surface area (TPSA) is 58.6 Å². The summed E-state index contributed by atoms with van der Waals surface area (Å²) in [5.41, 5.74) is 0.558. The SMILES string of the molecule is O=c1cccc(-c2nnc(CCCl)s2)[nH]1. The molecule has 0 saturated heterocycles. The molecule has 0 spiro atoms. The normalized spacial score (nSPS) is 10.5. The van der Waals surface area contributed by atoms with Gasteiger partial charge in [0, 0.05) is 18.4 Å². The molecule has 0 fully saturated rings. The molecule has 0 aromatic carbocycles. The Morgan fingerprint density at radius 3 is 3.00 bits per heavy atom. The van der Waals surface area contributed by atoms with E-state index < -0.39 is 0 Å². The Balaban J connectivity index is 2.33. The summed E-state index contributed by atoms with van der Waals surface area (Å²) in [6.45, 7) is 0. The summed E-state index contributed by atoms with van der Waals surface area (Å²) in [6.07, 6.45) is 0.705. The molecule has 0 saturated carbocycles. The second kappa shape index (κ2) is 4.55. The van der Waals surface area contributed by atoms with E-state index in [-0.39, 0.29) is 5.56 Å². The van der Waals surface area contributed by atoms with Crippen LogP contribution in [0, 0.1) is 0 Å². The first-order chi connectivity index (χ1) is 7.29. The molecule has 0 aliphatic heterocycles. The molecule has 4 nitrogen and oxygen atoms in total. The van der Waals surface area contributed by atoms with Crippen LogP contribution in [0.2, 0.25) is 0 Å². The molecule has 0 bridgehead atoms. The molecule has 0 aliphatic rings. The summed E-state index contributed by atoms with van der Waals surface area (Å²) >= 11 is 7.04. The predicted molar refractivity (Wildman–Crippen MR) is 60.4 cm³/mol. The Morgan fingerprint density at radius 2 is 2.27 bits per heavy atom. The van der Waals surface area contributed by atoms with Crippen molar-refractivity contribution >= 4 is 22.9 Å². The Morgan fingerprint density at radius 1 is 1.40 bits per heavy atom. The van der Waals surface area contributed by atoms with Gasteiger partial charge in [-0.1, -0.05) is 17.4 Å². The molecule has 0 aliphatic carbocycles. The molecule has 78 valence electrons. The first-order valence-electron chi connectivity index (χ1n) is 4.37. The van der Waals surface area contributed by atoms with E-state index in [2.05, 4.69) is 15.2 Å². The van der Waals surface area contributed by atoms with E-state index in [4.69, 9.17) is 11.6 Å². The zero-order valence-corrected chi connectivity index (χ0v) is 9.31. The van der Waals surface area contributed by atoms with Crippen molar-refractivity contribution < 1.29 is 0 Å². The highest BCUT2D eigenvalue weighted by Crippen LogP contribution is 2.20. The minimum atomic E-state index is -0.137. The highest BCUT2D eigenvalue weighted by Gasteiger charge is 2.06. The van der Waals surface area contributed by atoms with Crippen molar-refractivity contribution in [3.63, 3.8) is 0 Å². The van der Waals surface area contributed by atoms with E-state index in [1.54, 1.807) is 12.1 Å². The maximum atomic E-state index is 11.1. The number of pyridine rings is 1. The third kappa shape index (κ3) is 2.43. The second-order valence-electron chi connectivity index (χ2n) is 2.87. The van der Waals surface area contributed by atoms with Gasteiger partial charge in [-0.3, -0.25) is 4.79 Å².